The van der Waals surface area contributed by atoms with Crippen molar-refractivity contribution in [2.24, 2.45) is 0 Å². The van der Waals surface area contributed by atoms with E-state index in [4.69, 9.17) is 4.74 Å². The molecule has 106 valence electrons. The highest BCUT2D eigenvalue weighted by molar-refractivity contribution is 5.26. The lowest BCUT2D eigenvalue weighted by Gasteiger charge is -2.16. The third kappa shape index (κ3) is 4.60. The number of rotatable bonds is 6. The molecule has 0 radical (unpaired) electrons. The first-order valence-corrected chi connectivity index (χ1v) is 7.23. The van der Waals surface area contributed by atoms with Crippen LogP contribution in [0.1, 0.15) is 30.9 Å². The summed E-state index contributed by atoms with van der Waals surface area (Å²) in [5.41, 5.74) is 2.79. The van der Waals surface area contributed by atoms with Crippen molar-refractivity contribution >= 4 is 0 Å². The van der Waals surface area contributed by atoms with E-state index >= 15 is 0 Å². The van der Waals surface area contributed by atoms with Crippen LogP contribution in [0.4, 0.5) is 0 Å². The Bertz CT molecular complexity index is 392. The lowest BCUT2D eigenvalue weighted by molar-refractivity contribution is 0.0559. The Balaban J connectivity index is 1.82. The Morgan fingerprint density at radius 2 is 1.95 bits per heavy atom. The van der Waals surface area contributed by atoms with Gasteiger partial charge in [0.15, 0.2) is 0 Å². The highest BCUT2D eigenvalue weighted by Gasteiger charge is 2.20. The first-order valence-electron chi connectivity index (χ1n) is 7.23. The average molecular weight is 262 g/mol. The average Bonchev–Trinajstić information content (AvgIpc) is 2.77. The van der Waals surface area contributed by atoms with E-state index in [0.29, 0.717) is 12.2 Å². The standard InChI is InChI=1S/C16H26N2O/c1-13-8-9-16(19-13)11-17-10-14-6-4-5-7-15(14)12-18(2)3/h4-7,13,16-17H,8-12H2,1-3H3. The molecule has 1 saturated heterocycles. The maximum Gasteiger partial charge on any atom is 0.0704 e. The van der Waals surface area contributed by atoms with Crippen LogP contribution in [0.2, 0.25) is 0 Å². The Morgan fingerprint density at radius 3 is 2.58 bits per heavy atom. The van der Waals surface area contributed by atoms with E-state index in [9.17, 15) is 0 Å². The van der Waals surface area contributed by atoms with Crippen molar-refractivity contribution in [3.63, 3.8) is 0 Å². The van der Waals surface area contributed by atoms with Gasteiger partial charge in [-0.15, -0.1) is 0 Å². The highest BCUT2D eigenvalue weighted by Crippen LogP contribution is 2.18. The largest absolute Gasteiger partial charge is 0.374 e. The Hall–Kier alpha value is -0.900. The third-order valence-corrected chi connectivity index (χ3v) is 3.61. The molecule has 2 unspecified atom stereocenters. The maximum absolute atomic E-state index is 5.82. The molecule has 2 rings (SSSR count). The Labute approximate surface area is 116 Å². The van der Waals surface area contributed by atoms with Gasteiger partial charge in [-0.2, -0.15) is 0 Å². The minimum absolute atomic E-state index is 0.399. The second-order valence-corrected chi connectivity index (χ2v) is 5.78. The van der Waals surface area contributed by atoms with Gasteiger partial charge in [-0.3, -0.25) is 0 Å². The molecule has 0 aliphatic carbocycles. The third-order valence-electron chi connectivity index (χ3n) is 3.61. The van der Waals surface area contributed by atoms with Crippen molar-refractivity contribution in [1.82, 2.24) is 10.2 Å². The van der Waals surface area contributed by atoms with Gasteiger partial charge >= 0.3 is 0 Å². The van der Waals surface area contributed by atoms with Crippen LogP contribution in [0.25, 0.3) is 0 Å². The van der Waals surface area contributed by atoms with E-state index in [-0.39, 0.29) is 0 Å². The quantitative estimate of drug-likeness (QED) is 0.852. The van der Waals surface area contributed by atoms with Crippen LogP contribution in [0.5, 0.6) is 0 Å². The first-order chi connectivity index (χ1) is 9.15. The smallest absolute Gasteiger partial charge is 0.0704 e. The summed E-state index contributed by atoms with van der Waals surface area (Å²) in [6, 6.07) is 8.66. The zero-order valence-corrected chi connectivity index (χ0v) is 12.4. The number of benzene rings is 1. The van der Waals surface area contributed by atoms with Gasteiger partial charge in [0, 0.05) is 19.6 Å². The molecular weight excluding hydrogens is 236 g/mol. The lowest BCUT2D eigenvalue weighted by atomic mass is 10.1. The molecule has 0 aromatic heterocycles. The molecular formula is C16H26N2O. The van der Waals surface area contributed by atoms with Crippen molar-refractivity contribution in [2.75, 3.05) is 20.6 Å². The predicted octanol–water partition coefficient (Wildman–Crippen LogP) is 2.41. The molecule has 19 heavy (non-hydrogen) atoms. The summed E-state index contributed by atoms with van der Waals surface area (Å²) >= 11 is 0. The van der Waals surface area contributed by atoms with Crippen molar-refractivity contribution in [1.29, 1.82) is 0 Å². The van der Waals surface area contributed by atoms with Crippen molar-refractivity contribution in [3.05, 3.63) is 35.4 Å². The summed E-state index contributed by atoms with van der Waals surface area (Å²) in [4.78, 5) is 2.21. The first kappa shape index (κ1) is 14.5. The molecule has 1 N–H and O–H groups in total. The summed E-state index contributed by atoms with van der Waals surface area (Å²) in [7, 11) is 4.22. The van der Waals surface area contributed by atoms with E-state index in [2.05, 4.69) is 55.5 Å². The fourth-order valence-corrected chi connectivity index (χ4v) is 2.63. The monoisotopic (exact) mass is 262 g/mol. The summed E-state index contributed by atoms with van der Waals surface area (Å²) in [6.45, 7) is 5.04. The topological polar surface area (TPSA) is 24.5 Å². The summed E-state index contributed by atoms with van der Waals surface area (Å²) < 4.78 is 5.82. The molecule has 0 bridgehead atoms. The second kappa shape index (κ2) is 7.04. The minimum atomic E-state index is 0.399. The maximum atomic E-state index is 5.82. The van der Waals surface area contributed by atoms with Gasteiger partial charge in [-0.1, -0.05) is 24.3 Å². The second-order valence-electron chi connectivity index (χ2n) is 5.78. The predicted molar refractivity (Wildman–Crippen MR) is 79.1 cm³/mol. The van der Waals surface area contributed by atoms with E-state index in [1.807, 2.05) is 0 Å². The molecule has 0 spiro atoms. The molecule has 3 heteroatoms. The molecule has 2 atom stereocenters. The number of nitrogens with zero attached hydrogens (tertiary/aromatic N) is 1. The number of nitrogens with one attached hydrogen (secondary N) is 1. The molecule has 1 heterocycles. The Morgan fingerprint density at radius 1 is 1.21 bits per heavy atom. The van der Waals surface area contributed by atoms with Gasteiger partial charge in [0.05, 0.1) is 12.2 Å². The number of hydrogen-bond donors (Lipinski definition) is 1. The fourth-order valence-electron chi connectivity index (χ4n) is 2.63. The zero-order chi connectivity index (χ0) is 13.7. The summed E-state index contributed by atoms with van der Waals surface area (Å²) in [5, 5.41) is 3.53. The molecule has 1 aliphatic heterocycles. The number of ether oxygens (including phenoxy) is 1. The summed E-state index contributed by atoms with van der Waals surface area (Å²) in [6.07, 6.45) is 3.22. The molecule has 3 nitrogen and oxygen atoms in total. The van der Waals surface area contributed by atoms with Gasteiger partial charge in [-0.05, 0) is 45.0 Å². The van der Waals surface area contributed by atoms with E-state index in [1.54, 1.807) is 0 Å². The molecule has 1 aromatic carbocycles. The van der Waals surface area contributed by atoms with Gasteiger partial charge in [0.25, 0.3) is 0 Å². The van der Waals surface area contributed by atoms with Crippen LogP contribution in [0.15, 0.2) is 24.3 Å². The van der Waals surface area contributed by atoms with Crippen LogP contribution >= 0.6 is 0 Å². The molecule has 1 fully saturated rings. The minimum Gasteiger partial charge on any atom is -0.374 e. The number of hydrogen-bond acceptors (Lipinski definition) is 3. The van der Waals surface area contributed by atoms with Crippen molar-refractivity contribution < 1.29 is 4.74 Å². The SMILES string of the molecule is CC1CCC(CNCc2ccccc2CN(C)C)O1. The normalized spacial score (nSPS) is 23.2. The fraction of sp³-hybridized carbons (Fsp3) is 0.625. The molecule has 1 aromatic rings. The molecule has 0 saturated carbocycles. The highest BCUT2D eigenvalue weighted by atomic mass is 16.5. The van der Waals surface area contributed by atoms with Crippen LogP contribution < -0.4 is 5.32 Å². The van der Waals surface area contributed by atoms with E-state index in [0.717, 1.165) is 19.6 Å². The summed E-state index contributed by atoms with van der Waals surface area (Å²) in [5.74, 6) is 0. The van der Waals surface area contributed by atoms with Gasteiger partial charge in [0.2, 0.25) is 0 Å². The van der Waals surface area contributed by atoms with Crippen molar-refractivity contribution in [2.45, 2.75) is 45.1 Å². The van der Waals surface area contributed by atoms with E-state index < -0.39 is 0 Å². The van der Waals surface area contributed by atoms with Crippen molar-refractivity contribution in [3.8, 4) is 0 Å². The van der Waals surface area contributed by atoms with Gasteiger partial charge in [-0.25, -0.2) is 0 Å². The lowest BCUT2D eigenvalue weighted by Crippen LogP contribution is -2.27. The van der Waals surface area contributed by atoms with Crippen LogP contribution in [0, 0.1) is 0 Å². The zero-order valence-electron chi connectivity index (χ0n) is 12.4. The molecule has 1 aliphatic rings. The Kier molecular flexibility index (Phi) is 5.37. The van der Waals surface area contributed by atoms with Crippen LogP contribution in [-0.2, 0) is 17.8 Å². The van der Waals surface area contributed by atoms with Crippen LogP contribution in [0.3, 0.4) is 0 Å². The molecule has 0 amide bonds. The van der Waals surface area contributed by atoms with Gasteiger partial charge < -0.3 is 15.0 Å². The van der Waals surface area contributed by atoms with E-state index in [1.165, 1.54) is 24.0 Å². The van der Waals surface area contributed by atoms with Gasteiger partial charge in [0.1, 0.15) is 0 Å². The van der Waals surface area contributed by atoms with Crippen LogP contribution in [-0.4, -0.2) is 37.7 Å².